The van der Waals surface area contributed by atoms with E-state index in [2.05, 4.69) is 0 Å². The summed E-state index contributed by atoms with van der Waals surface area (Å²) >= 11 is 12.5. The average molecular weight is 709 g/mol. The lowest BCUT2D eigenvalue weighted by atomic mass is 9.77. The summed E-state index contributed by atoms with van der Waals surface area (Å²) in [6.45, 7) is 2.33. The van der Waals surface area contributed by atoms with Crippen molar-refractivity contribution in [2.45, 2.75) is 55.4 Å². The number of rotatable bonds is 13. The molecule has 1 saturated carbocycles. The molecule has 12 heteroatoms. The van der Waals surface area contributed by atoms with Gasteiger partial charge in [0.25, 0.3) is 0 Å². The van der Waals surface area contributed by atoms with Gasteiger partial charge in [0.1, 0.15) is 5.82 Å². The SMILES string of the molecule is CN(Cc1ccc(Cl)cc1S(C)(=O)=O)C(OCC1(CO)CC1)(c1ccc(Cl)cc1)c1c(F)cc(C(C)(O)C2CCOCC2)cc1C=O. The Balaban J connectivity index is 1.74. The van der Waals surface area contributed by atoms with E-state index >= 15 is 4.39 Å². The summed E-state index contributed by atoms with van der Waals surface area (Å²) in [5, 5.41) is 22.5. The molecule has 8 nitrogen and oxygen atoms in total. The van der Waals surface area contributed by atoms with Gasteiger partial charge in [0.05, 0.1) is 23.7 Å². The minimum atomic E-state index is -3.73. The van der Waals surface area contributed by atoms with Crippen LogP contribution in [0, 0.1) is 17.2 Å². The minimum Gasteiger partial charge on any atom is -0.396 e. The fourth-order valence-electron chi connectivity index (χ4n) is 6.52. The Morgan fingerprint density at radius 2 is 1.70 bits per heavy atom. The van der Waals surface area contributed by atoms with Gasteiger partial charge in [0, 0.05) is 58.2 Å². The van der Waals surface area contributed by atoms with Crippen molar-refractivity contribution in [2.24, 2.45) is 11.3 Å². The van der Waals surface area contributed by atoms with Crippen LogP contribution < -0.4 is 0 Å². The number of nitrogens with zero attached hydrogens (tertiary/aromatic N) is 1. The maximum Gasteiger partial charge on any atom is 0.177 e. The second-order valence-corrected chi connectivity index (χ2v) is 15.9. The van der Waals surface area contributed by atoms with E-state index in [0.29, 0.717) is 61.3 Å². The van der Waals surface area contributed by atoms with Crippen molar-refractivity contribution < 1.29 is 37.3 Å². The molecule has 0 radical (unpaired) electrons. The highest BCUT2D eigenvalue weighted by atomic mass is 35.5. The highest BCUT2D eigenvalue weighted by Gasteiger charge is 2.50. The highest BCUT2D eigenvalue weighted by molar-refractivity contribution is 7.90. The first kappa shape index (κ1) is 35.9. The van der Waals surface area contributed by atoms with E-state index in [1.54, 1.807) is 55.3 Å². The van der Waals surface area contributed by atoms with Gasteiger partial charge < -0.3 is 19.7 Å². The number of benzene rings is 3. The van der Waals surface area contributed by atoms with E-state index in [0.717, 1.165) is 6.26 Å². The zero-order valence-corrected chi connectivity index (χ0v) is 29.0. The summed E-state index contributed by atoms with van der Waals surface area (Å²) in [5.74, 6) is -1.02. The zero-order chi connectivity index (χ0) is 34.2. The third-order valence-corrected chi connectivity index (χ3v) is 11.3. The molecule has 2 N–H and O–H groups in total. The molecule has 1 aliphatic heterocycles. The third kappa shape index (κ3) is 7.31. The standard InChI is InChI=1S/C35H40Cl2FNO7S/c1-33(42,25-10-14-45-15-11-25)27-16-24(20-40)32(30(38)17-27)35(26-5-8-28(36)9-6-26,46-22-34(21-41)12-13-34)39(2)19-23-4-7-29(37)18-31(23)47(3,43)44/h4-9,16-18,20,25,41-42H,10-15,19,21-22H2,1-3H3. The number of hydrogen-bond acceptors (Lipinski definition) is 8. The number of carbonyl (C=O) groups is 1. The minimum absolute atomic E-state index is 0.00480. The van der Waals surface area contributed by atoms with Gasteiger partial charge in [-0.15, -0.1) is 0 Å². The largest absolute Gasteiger partial charge is 0.396 e. The van der Waals surface area contributed by atoms with E-state index in [1.807, 2.05) is 0 Å². The van der Waals surface area contributed by atoms with Crippen LogP contribution in [0.3, 0.4) is 0 Å². The maximum atomic E-state index is 17.0. The summed E-state index contributed by atoms with van der Waals surface area (Å²) in [4.78, 5) is 14.6. The lowest BCUT2D eigenvalue weighted by Crippen LogP contribution is -2.49. The van der Waals surface area contributed by atoms with Crippen molar-refractivity contribution in [1.29, 1.82) is 0 Å². The number of aliphatic hydroxyl groups is 2. The van der Waals surface area contributed by atoms with Gasteiger partial charge in [0.15, 0.2) is 21.8 Å². The van der Waals surface area contributed by atoms with Crippen LogP contribution in [0.5, 0.6) is 0 Å². The van der Waals surface area contributed by atoms with Crippen molar-refractivity contribution >= 4 is 39.3 Å². The first-order chi connectivity index (χ1) is 22.2. The smallest absolute Gasteiger partial charge is 0.177 e. The molecule has 3 aromatic rings. The van der Waals surface area contributed by atoms with Crippen LogP contribution in [-0.2, 0) is 37.2 Å². The molecule has 1 saturated heterocycles. The molecule has 0 aromatic heterocycles. The first-order valence-corrected chi connectivity index (χ1v) is 18.1. The highest BCUT2D eigenvalue weighted by Crippen LogP contribution is 2.50. The molecule has 3 aromatic carbocycles. The first-order valence-electron chi connectivity index (χ1n) is 15.5. The van der Waals surface area contributed by atoms with Crippen molar-refractivity contribution in [2.75, 3.05) is 39.7 Å². The summed E-state index contributed by atoms with van der Waals surface area (Å²) in [7, 11) is -2.09. The Morgan fingerprint density at radius 1 is 1.06 bits per heavy atom. The molecule has 0 bridgehead atoms. The number of carbonyl (C=O) groups excluding carboxylic acids is 1. The van der Waals surface area contributed by atoms with Crippen molar-refractivity contribution in [3.05, 3.63) is 98.3 Å². The molecule has 2 aliphatic rings. The van der Waals surface area contributed by atoms with Crippen LogP contribution in [-0.4, -0.2) is 69.5 Å². The molecule has 2 fully saturated rings. The Hall–Kier alpha value is -2.41. The summed E-state index contributed by atoms with van der Waals surface area (Å²) in [6.07, 6.45) is 4.13. The number of halogens is 3. The molecule has 254 valence electrons. The van der Waals surface area contributed by atoms with E-state index in [4.69, 9.17) is 32.7 Å². The second-order valence-electron chi connectivity index (χ2n) is 13.1. The number of aliphatic hydroxyl groups excluding tert-OH is 1. The van der Waals surface area contributed by atoms with Crippen LogP contribution in [0.4, 0.5) is 4.39 Å². The maximum absolute atomic E-state index is 17.0. The average Bonchev–Trinajstić information content (AvgIpc) is 3.83. The molecule has 5 rings (SSSR count). The third-order valence-electron chi connectivity index (χ3n) is 9.68. The molecule has 0 spiro atoms. The number of sulfone groups is 1. The fraction of sp³-hybridized carbons (Fsp3) is 0.457. The zero-order valence-electron chi connectivity index (χ0n) is 26.6. The summed E-state index contributed by atoms with van der Waals surface area (Å²) in [5.41, 5.74) is -2.98. The fourth-order valence-corrected chi connectivity index (χ4v) is 7.83. The van der Waals surface area contributed by atoms with Gasteiger partial charge in [-0.1, -0.05) is 41.4 Å². The molecule has 47 heavy (non-hydrogen) atoms. The Bertz CT molecular complexity index is 1720. The molecule has 0 amide bonds. The number of hydrogen-bond donors (Lipinski definition) is 2. The van der Waals surface area contributed by atoms with Crippen molar-refractivity contribution in [3.63, 3.8) is 0 Å². The molecular formula is C35H40Cl2FNO7S. The van der Waals surface area contributed by atoms with Crippen LogP contribution in [0.25, 0.3) is 0 Å². The van der Waals surface area contributed by atoms with Crippen LogP contribution >= 0.6 is 23.2 Å². The van der Waals surface area contributed by atoms with Gasteiger partial charge in [-0.25, -0.2) is 12.8 Å². The Morgan fingerprint density at radius 3 is 2.28 bits per heavy atom. The summed E-state index contributed by atoms with van der Waals surface area (Å²) < 4.78 is 54.9. The molecule has 2 atom stereocenters. The Labute approximate surface area is 285 Å². The van der Waals surface area contributed by atoms with E-state index in [-0.39, 0.29) is 52.3 Å². The topological polar surface area (TPSA) is 113 Å². The van der Waals surface area contributed by atoms with Gasteiger partial charge in [-0.2, -0.15) is 0 Å². The predicted octanol–water partition coefficient (Wildman–Crippen LogP) is 6.10. The molecule has 2 unspecified atom stereocenters. The van der Waals surface area contributed by atoms with Crippen molar-refractivity contribution in [3.8, 4) is 0 Å². The van der Waals surface area contributed by atoms with Crippen LogP contribution in [0.1, 0.15) is 65.2 Å². The quantitative estimate of drug-likeness (QED) is 0.162. The second kappa shape index (κ2) is 13.8. The van der Waals surface area contributed by atoms with Gasteiger partial charge in [0.2, 0.25) is 0 Å². The lowest BCUT2D eigenvalue weighted by Gasteiger charge is -2.44. The van der Waals surface area contributed by atoms with E-state index in [1.165, 1.54) is 18.2 Å². The molecular weight excluding hydrogens is 668 g/mol. The summed E-state index contributed by atoms with van der Waals surface area (Å²) in [6, 6.07) is 13.8. The van der Waals surface area contributed by atoms with Gasteiger partial charge in [-0.3, -0.25) is 9.69 Å². The van der Waals surface area contributed by atoms with E-state index < -0.39 is 32.4 Å². The van der Waals surface area contributed by atoms with E-state index in [9.17, 15) is 23.4 Å². The van der Waals surface area contributed by atoms with Gasteiger partial charge in [-0.05, 0) is 93.1 Å². The molecule has 1 aliphatic carbocycles. The van der Waals surface area contributed by atoms with Crippen LogP contribution in [0.15, 0.2) is 59.5 Å². The Kier molecular flexibility index (Phi) is 10.6. The van der Waals surface area contributed by atoms with Crippen molar-refractivity contribution in [1.82, 2.24) is 4.90 Å². The van der Waals surface area contributed by atoms with Gasteiger partial charge >= 0.3 is 0 Å². The number of ether oxygens (including phenoxy) is 2. The predicted molar refractivity (Wildman–Crippen MR) is 178 cm³/mol. The normalized spacial score (nSPS) is 19.3. The number of aldehydes is 1. The van der Waals surface area contributed by atoms with Crippen LogP contribution in [0.2, 0.25) is 10.0 Å². The monoisotopic (exact) mass is 707 g/mol. The molecule has 1 heterocycles. The lowest BCUT2D eigenvalue weighted by molar-refractivity contribution is -0.146.